The highest BCUT2D eigenvalue weighted by Gasteiger charge is 2.07. The number of pyridine rings is 1. The summed E-state index contributed by atoms with van der Waals surface area (Å²) in [6, 6.07) is 3.42. The fourth-order valence-corrected chi connectivity index (χ4v) is 1.35. The van der Waals surface area contributed by atoms with Gasteiger partial charge in [0.2, 0.25) is 11.8 Å². The van der Waals surface area contributed by atoms with Gasteiger partial charge < -0.3 is 15.6 Å². The fraction of sp³-hybridized carbons (Fsp3) is 0.273. The highest BCUT2D eigenvalue weighted by molar-refractivity contribution is 5.78. The van der Waals surface area contributed by atoms with E-state index in [1.165, 1.54) is 6.20 Å². The van der Waals surface area contributed by atoms with Gasteiger partial charge in [0.25, 0.3) is 0 Å². The zero-order chi connectivity index (χ0) is 13.0. The summed E-state index contributed by atoms with van der Waals surface area (Å²) >= 11 is 0. The molecule has 0 aliphatic heterocycles. The number of carbonyl (C=O) groups excluding carboxylic acids is 1. The van der Waals surface area contributed by atoms with Crippen LogP contribution in [-0.4, -0.2) is 21.0 Å². The van der Waals surface area contributed by atoms with E-state index in [1.807, 2.05) is 0 Å². The molecule has 0 atom stereocenters. The zero-order valence-electron chi connectivity index (χ0n) is 9.88. The van der Waals surface area contributed by atoms with Crippen LogP contribution in [0, 0.1) is 6.92 Å². The molecule has 7 heteroatoms. The van der Waals surface area contributed by atoms with E-state index >= 15 is 0 Å². The summed E-state index contributed by atoms with van der Waals surface area (Å²) in [5.74, 6) is 0.758. The minimum absolute atomic E-state index is 0.164. The number of nitrogen functional groups attached to an aromatic ring is 1. The predicted octanol–water partition coefficient (Wildman–Crippen LogP) is 0.214. The van der Waals surface area contributed by atoms with Gasteiger partial charge in [0, 0.05) is 5.69 Å². The summed E-state index contributed by atoms with van der Waals surface area (Å²) in [7, 11) is 0. The number of nitrogens with one attached hydrogen (secondary N) is 1. The summed E-state index contributed by atoms with van der Waals surface area (Å²) in [6.45, 7) is 1.93. The van der Waals surface area contributed by atoms with Crippen molar-refractivity contribution in [2.45, 2.75) is 19.9 Å². The minimum Gasteiger partial charge on any atom is -0.397 e. The van der Waals surface area contributed by atoms with Crippen LogP contribution < -0.4 is 11.1 Å². The van der Waals surface area contributed by atoms with Gasteiger partial charge >= 0.3 is 0 Å². The third-order valence-corrected chi connectivity index (χ3v) is 2.20. The van der Waals surface area contributed by atoms with Gasteiger partial charge in [-0.3, -0.25) is 9.78 Å². The van der Waals surface area contributed by atoms with Gasteiger partial charge in [0.15, 0.2) is 5.82 Å². The highest BCUT2D eigenvalue weighted by atomic mass is 16.5. The summed E-state index contributed by atoms with van der Waals surface area (Å²) in [6.07, 6.45) is 1.71. The molecule has 0 saturated carbocycles. The van der Waals surface area contributed by atoms with E-state index in [0.29, 0.717) is 23.1 Å². The van der Waals surface area contributed by atoms with E-state index in [4.69, 9.17) is 10.3 Å². The second kappa shape index (κ2) is 5.26. The van der Waals surface area contributed by atoms with Gasteiger partial charge in [0.05, 0.1) is 24.8 Å². The average Bonchev–Trinajstić information content (AvgIpc) is 2.76. The van der Waals surface area contributed by atoms with E-state index in [0.717, 1.165) is 0 Å². The molecule has 2 aromatic heterocycles. The van der Waals surface area contributed by atoms with Gasteiger partial charge in [-0.25, -0.2) is 0 Å². The lowest BCUT2D eigenvalue weighted by molar-refractivity contribution is -0.120. The number of nitrogens with zero attached hydrogens (tertiary/aromatic N) is 3. The molecule has 0 spiro atoms. The normalized spacial score (nSPS) is 10.3. The topological polar surface area (TPSA) is 107 Å². The molecular formula is C11H13N5O2. The molecule has 2 heterocycles. The lowest BCUT2D eigenvalue weighted by Gasteiger charge is -2.02. The minimum atomic E-state index is -0.164. The molecule has 0 fully saturated rings. The smallest absolute Gasteiger partial charge is 0.246 e. The van der Waals surface area contributed by atoms with Crippen molar-refractivity contribution in [1.82, 2.24) is 20.4 Å². The molecule has 7 nitrogen and oxygen atoms in total. The van der Waals surface area contributed by atoms with Crippen LogP contribution in [0.5, 0.6) is 0 Å². The third kappa shape index (κ3) is 3.27. The van der Waals surface area contributed by atoms with E-state index < -0.39 is 0 Å². The molecule has 0 saturated heterocycles. The molecule has 18 heavy (non-hydrogen) atoms. The molecule has 0 unspecified atom stereocenters. The molecule has 2 rings (SSSR count). The first-order chi connectivity index (χ1) is 8.63. The quantitative estimate of drug-likeness (QED) is 0.800. The van der Waals surface area contributed by atoms with Crippen molar-refractivity contribution in [3.05, 3.63) is 35.7 Å². The maximum atomic E-state index is 11.6. The molecule has 94 valence electrons. The van der Waals surface area contributed by atoms with Gasteiger partial charge in [-0.15, -0.1) is 0 Å². The first-order valence-electron chi connectivity index (χ1n) is 5.40. The number of carbonyl (C=O) groups is 1. The van der Waals surface area contributed by atoms with Crippen LogP contribution in [0.3, 0.4) is 0 Å². The molecule has 1 amide bonds. The van der Waals surface area contributed by atoms with E-state index in [-0.39, 0.29) is 18.9 Å². The van der Waals surface area contributed by atoms with Crippen LogP contribution >= 0.6 is 0 Å². The average molecular weight is 247 g/mol. The SMILES string of the molecule is Cc1noc(CNC(=O)Cc2ccc(N)cn2)n1. The Morgan fingerprint density at radius 1 is 1.50 bits per heavy atom. The number of amides is 1. The van der Waals surface area contributed by atoms with Crippen LogP contribution in [0.4, 0.5) is 5.69 Å². The second-order valence-corrected chi connectivity index (χ2v) is 3.77. The maximum Gasteiger partial charge on any atom is 0.246 e. The van der Waals surface area contributed by atoms with Crippen molar-refractivity contribution in [3.63, 3.8) is 0 Å². The maximum absolute atomic E-state index is 11.6. The number of hydrogen-bond donors (Lipinski definition) is 2. The Kier molecular flexibility index (Phi) is 3.52. The molecule has 0 aliphatic rings. The van der Waals surface area contributed by atoms with Gasteiger partial charge in [0.1, 0.15) is 0 Å². The third-order valence-electron chi connectivity index (χ3n) is 2.20. The second-order valence-electron chi connectivity index (χ2n) is 3.77. The Hall–Kier alpha value is -2.44. The zero-order valence-corrected chi connectivity index (χ0v) is 9.88. The molecule has 3 N–H and O–H groups in total. The largest absolute Gasteiger partial charge is 0.397 e. The van der Waals surface area contributed by atoms with Gasteiger partial charge in [-0.1, -0.05) is 5.16 Å². The summed E-state index contributed by atoms with van der Waals surface area (Å²) in [5, 5.41) is 6.29. The van der Waals surface area contributed by atoms with E-state index in [9.17, 15) is 4.79 Å². The van der Waals surface area contributed by atoms with Crippen LogP contribution in [-0.2, 0) is 17.8 Å². The van der Waals surface area contributed by atoms with E-state index in [2.05, 4.69) is 20.4 Å². The molecular weight excluding hydrogens is 234 g/mol. The standard InChI is InChI=1S/C11H13N5O2/c1-7-15-11(18-16-7)6-14-10(17)4-9-3-2-8(12)5-13-9/h2-3,5H,4,6,12H2,1H3,(H,14,17). The number of aromatic nitrogens is 3. The summed E-state index contributed by atoms with van der Waals surface area (Å²) < 4.78 is 4.87. The molecule has 0 bridgehead atoms. The van der Waals surface area contributed by atoms with Crippen LogP contribution in [0.2, 0.25) is 0 Å². The fourth-order valence-electron chi connectivity index (χ4n) is 1.35. The Labute approximate surface area is 103 Å². The van der Waals surface area contributed by atoms with Crippen molar-refractivity contribution < 1.29 is 9.32 Å². The van der Waals surface area contributed by atoms with E-state index in [1.54, 1.807) is 19.1 Å². The first-order valence-corrected chi connectivity index (χ1v) is 5.40. The van der Waals surface area contributed by atoms with Crippen LogP contribution in [0.1, 0.15) is 17.4 Å². The van der Waals surface area contributed by atoms with Gasteiger partial charge in [-0.2, -0.15) is 4.98 Å². The number of aryl methyl sites for hydroxylation is 1. The predicted molar refractivity (Wildman–Crippen MR) is 63.2 cm³/mol. The molecule has 0 radical (unpaired) electrons. The van der Waals surface area contributed by atoms with Crippen LogP contribution in [0.25, 0.3) is 0 Å². The lowest BCUT2D eigenvalue weighted by Crippen LogP contribution is -2.25. The lowest BCUT2D eigenvalue weighted by atomic mass is 10.2. The van der Waals surface area contributed by atoms with Crippen molar-refractivity contribution >= 4 is 11.6 Å². The number of nitrogens with two attached hydrogens (primary N) is 1. The Morgan fingerprint density at radius 2 is 2.33 bits per heavy atom. The Bertz CT molecular complexity index is 535. The molecule has 0 aliphatic carbocycles. The van der Waals surface area contributed by atoms with Crippen LogP contribution in [0.15, 0.2) is 22.9 Å². The molecule has 2 aromatic rings. The van der Waals surface area contributed by atoms with Crippen molar-refractivity contribution in [2.24, 2.45) is 0 Å². The van der Waals surface area contributed by atoms with Crippen molar-refractivity contribution in [3.8, 4) is 0 Å². The molecule has 0 aromatic carbocycles. The first kappa shape index (κ1) is 12.0. The monoisotopic (exact) mass is 247 g/mol. The number of rotatable bonds is 4. The Morgan fingerprint density at radius 3 is 2.94 bits per heavy atom. The summed E-state index contributed by atoms with van der Waals surface area (Å²) in [5.41, 5.74) is 6.73. The Balaban J connectivity index is 1.83. The van der Waals surface area contributed by atoms with Crippen molar-refractivity contribution in [2.75, 3.05) is 5.73 Å². The van der Waals surface area contributed by atoms with Crippen molar-refractivity contribution in [1.29, 1.82) is 0 Å². The number of anilines is 1. The van der Waals surface area contributed by atoms with Gasteiger partial charge in [-0.05, 0) is 19.1 Å². The number of hydrogen-bond acceptors (Lipinski definition) is 6. The highest BCUT2D eigenvalue weighted by Crippen LogP contribution is 2.02. The summed E-state index contributed by atoms with van der Waals surface area (Å²) in [4.78, 5) is 19.6.